The highest BCUT2D eigenvalue weighted by molar-refractivity contribution is 8.06. The van der Waals surface area contributed by atoms with Crippen LogP contribution in [0.15, 0.2) is 42.5 Å². The SMILES string of the molecule is COC(=O)C1CSC=c2c1c1c(n2Cc2ccccc2)=CC=CC1OC. The molecule has 1 aromatic carbocycles. The fourth-order valence-corrected chi connectivity index (χ4v) is 4.78. The fourth-order valence-electron chi connectivity index (χ4n) is 3.78. The summed E-state index contributed by atoms with van der Waals surface area (Å²) in [5, 5.41) is 4.37. The van der Waals surface area contributed by atoms with Crippen molar-refractivity contribution in [3.8, 4) is 0 Å². The number of fused-ring (bicyclic) bond motifs is 3. The van der Waals surface area contributed by atoms with Crippen molar-refractivity contribution in [1.29, 1.82) is 0 Å². The van der Waals surface area contributed by atoms with E-state index in [0.717, 1.165) is 28.4 Å². The second-order valence-electron chi connectivity index (χ2n) is 6.40. The predicted octanol–water partition coefficient (Wildman–Crippen LogP) is 2.32. The zero-order chi connectivity index (χ0) is 18.1. The van der Waals surface area contributed by atoms with E-state index in [1.807, 2.05) is 18.2 Å². The summed E-state index contributed by atoms with van der Waals surface area (Å²) >= 11 is 1.66. The largest absolute Gasteiger partial charge is 0.469 e. The first kappa shape index (κ1) is 17.2. The molecule has 0 amide bonds. The number of thioether (sulfide) groups is 1. The van der Waals surface area contributed by atoms with E-state index >= 15 is 0 Å². The van der Waals surface area contributed by atoms with Gasteiger partial charge in [-0.05, 0) is 22.6 Å². The summed E-state index contributed by atoms with van der Waals surface area (Å²) in [5.74, 6) is 0.242. The number of benzene rings is 1. The Kier molecular flexibility index (Phi) is 4.74. The fraction of sp³-hybridized carbons (Fsp3) is 0.286. The third-order valence-corrected chi connectivity index (χ3v) is 5.89. The molecule has 4 nitrogen and oxygen atoms in total. The van der Waals surface area contributed by atoms with Crippen molar-refractivity contribution < 1.29 is 14.3 Å². The smallest absolute Gasteiger partial charge is 0.314 e. The maximum absolute atomic E-state index is 12.5. The molecule has 0 radical (unpaired) electrons. The van der Waals surface area contributed by atoms with Crippen LogP contribution in [0.2, 0.25) is 0 Å². The molecule has 0 saturated heterocycles. The highest BCUT2D eigenvalue weighted by Gasteiger charge is 2.33. The first-order valence-electron chi connectivity index (χ1n) is 8.61. The molecular weight excluding hydrogens is 346 g/mol. The number of esters is 1. The molecule has 26 heavy (non-hydrogen) atoms. The predicted molar refractivity (Wildman–Crippen MR) is 104 cm³/mol. The van der Waals surface area contributed by atoms with E-state index in [-0.39, 0.29) is 18.0 Å². The molecule has 4 rings (SSSR count). The van der Waals surface area contributed by atoms with Crippen molar-refractivity contribution in [1.82, 2.24) is 4.57 Å². The van der Waals surface area contributed by atoms with Crippen LogP contribution >= 0.6 is 11.8 Å². The van der Waals surface area contributed by atoms with Crippen molar-refractivity contribution in [2.75, 3.05) is 20.0 Å². The Labute approximate surface area is 156 Å². The first-order chi connectivity index (χ1) is 12.7. The molecule has 2 atom stereocenters. The lowest BCUT2D eigenvalue weighted by molar-refractivity contribution is -0.141. The summed E-state index contributed by atoms with van der Waals surface area (Å²) in [6.07, 6.45) is 6.03. The second kappa shape index (κ2) is 7.17. The summed E-state index contributed by atoms with van der Waals surface area (Å²) in [4.78, 5) is 12.5. The van der Waals surface area contributed by atoms with E-state index in [9.17, 15) is 4.79 Å². The van der Waals surface area contributed by atoms with Crippen molar-refractivity contribution >= 4 is 29.2 Å². The molecule has 2 aromatic rings. The lowest BCUT2D eigenvalue weighted by Crippen LogP contribution is -2.32. The van der Waals surface area contributed by atoms with Crippen LogP contribution in [0, 0.1) is 0 Å². The van der Waals surface area contributed by atoms with Crippen molar-refractivity contribution in [2.24, 2.45) is 0 Å². The molecule has 0 bridgehead atoms. The Hall–Kier alpha value is -2.24. The summed E-state index contributed by atoms with van der Waals surface area (Å²) in [6.45, 7) is 0.754. The lowest BCUT2D eigenvalue weighted by atomic mass is 9.93. The van der Waals surface area contributed by atoms with Gasteiger partial charge in [0.1, 0.15) is 6.10 Å². The van der Waals surface area contributed by atoms with Crippen LogP contribution in [0.4, 0.5) is 0 Å². The van der Waals surface area contributed by atoms with Gasteiger partial charge < -0.3 is 14.0 Å². The van der Waals surface area contributed by atoms with Crippen molar-refractivity contribution in [2.45, 2.75) is 18.6 Å². The summed E-state index contributed by atoms with van der Waals surface area (Å²) in [7, 11) is 3.16. The topological polar surface area (TPSA) is 40.5 Å². The molecule has 1 aliphatic carbocycles. The van der Waals surface area contributed by atoms with E-state index in [1.54, 1.807) is 18.9 Å². The standard InChI is InChI=1S/C21H21NO3S/c1-24-18-10-6-9-16-20(18)19-15(21(23)25-2)12-26-13-17(19)22(16)11-14-7-4-3-5-8-14/h3-10,13,15,18H,11-12H2,1-2H3. The molecule has 0 fully saturated rings. The zero-order valence-electron chi connectivity index (χ0n) is 14.8. The van der Waals surface area contributed by atoms with Gasteiger partial charge in [0, 0.05) is 30.3 Å². The van der Waals surface area contributed by atoms with Gasteiger partial charge >= 0.3 is 5.97 Å². The minimum absolute atomic E-state index is 0.149. The Balaban J connectivity index is 1.96. The molecule has 0 N–H and O–H groups in total. The molecule has 1 aliphatic heterocycles. The monoisotopic (exact) mass is 367 g/mol. The minimum atomic E-state index is -0.270. The minimum Gasteiger partial charge on any atom is -0.469 e. The summed E-state index contributed by atoms with van der Waals surface area (Å²) < 4.78 is 13.1. The lowest BCUT2D eigenvalue weighted by Gasteiger charge is -2.21. The number of nitrogens with zero attached hydrogens (tertiary/aromatic N) is 1. The number of hydrogen-bond acceptors (Lipinski definition) is 4. The van der Waals surface area contributed by atoms with E-state index in [1.165, 1.54) is 12.7 Å². The average molecular weight is 367 g/mol. The van der Waals surface area contributed by atoms with Crippen LogP contribution < -0.4 is 10.7 Å². The van der Waals surface area contributed by atoms with E-state index < -0.39 is 0 Å². The van der Waals surface area contributed by atoms with Gasteiger partial charge in [-0.2, -0.15) is 0 Å². The third kappa shape index (κ3) is 2.81. The number of carbonyl (C=O) groups excluding carboxylic acids is 1. The molecule has 2 unspecified atom stereocenters. The van der Waals surface area contributed by atoms with Crippen molar-refractivity contribution in [3.05, 3.63) is 69.9 Å². The van der Waals surface area contributed by atoms with E-state index in [4.69, 9.17) is 9.47 Å². The molecule has 2 aliphatic rings. The van der Waals surface area contributed by atoms with Crippen LogP contribution in [0.25, 0.3) is 11.5 Å². The number of aromatic nitrogens is 1. The van der Waals surface area contributed by atoms with Gasteiger partial charge in [-0.1, -0.05) is 42.5 Å². The Morgan fingerprint density at radius 3 is 2.73 bits per heavy atom. The van der Waals surface area contributed by atoms with Gasteiger partial charge in [-0.25, -0.2) is 0 Å². The van der Waals surface area contributed by atoms with Crippen LogP contribution in [0.3, 0.4) is 0 Å². The highest BCUT2D eigenvalue weighted by Crippen LogP contribution is 2.32. The average Bonchev–Trinajstić information content (AvgIpc) is 3.02. The van der Waals surface area contributed by atoms with E-state index in [2.05, 4.69) is 40.3 Å². The summed E-state index contributed by atoms with van der Waals surface area (Å²) in [6, 6.07) is 10.4. The number of allylic oxidation sites excluding steroid dienone is 1. The molecule has 2 heterocycles. The molecule has 1 aromatic heterocycles. The van der Waals surface area contributed by atoms with Crippen LogP contribution in [0.1, 0.15) is 28.7 Å². The maximum atomic E-state index is 12.5. The quantitative estimate of drug-likeness (QED) is 0.778. The van der Waals surface area contributed by atoms with Crippen LogP contribution in [0.5, 0.6) is 0 Å². The Morgan fingerprint density at radius 1 is 1.19 bits per heavy atom. The van der Waals surface area contributed by atoms with Gasteiger partial charge in [-0.3, -0.25) is 4.79 Å². The van der Waals surface area contributed by atoms with Gasteiger partial charge in [0.25, 0.3) is 0 Å². The maximum Gasteiger partial charge on any atom is 0.314 e. The van der Waals surface area contributed by atoms with Gasteiger partial charge in [0.05, 0.1) is 18.4 Å². The number of carbonyl (C=O) groups is 1. The first-order valence-corrected chi connectivity index (χ1v) is 9.66. The summed E-state index contributed by atoms with van der Waals surface area (Å²) in [5.41, 5.74) is 3.37. The Bertz CT molecular complexity index is 975. The molecular formula is C21H21NO3S. The van der Waals surface area contributed by atoms with Gasteiger partial charge in [0.2, 0.25) is 0 Å². The highest BCUT2D eigenvalue weighted by atomic mass is 32.2. The van der Waals surface area contributed by atoms with Crippen molar-refractivity contribution in [3.63, 3.8) is 0 Å². The van der Waals surface area contributed by atoms with Gasteiger partial charge in [-0.15, -0.1) is 11.8 Å². The normalized spacial score (nSPS) is 20.5. The van der Waals surface area contributed by atoms with Gasteiger partial charge in [0.15, 0.2) is 0 Å². The number of ether oxygens (including phenoxy) is 2. The Morgan fingerprint density at radius 2 is 2.00 bits per heavy atom. The molecule has 0 saturated carbocycles. The molecule has 0 spiro atoms. The molecule has 134 valence electrons. The number of rotatable bonds is 4. The van der Waals surface area contributed by atoms with E-state index in [0.29, 0.717) is 5.75 Å². The third-order valence-electron chi connectivity index (χ3n) is 4.98. The molecule has 5 heteroatoms. The van der Waals surface area contributed by atoms with Crippen LogP contribution in [-0.2, 0) is 20.8 Å². The second-order valence-corrected chi connectivity index (χ2v) is 7.31. The number of hydrogen-bond donors (Lipinski definition) is 0. The zero-order valence-corrected chi connectivity index (χ0v) is 15.7. The number of methoxy groups -OCH3 is 2. The van der Waals surface area contributed by atoms with Crippen LogP contribution in [-0.4, -0.2) is 30.5 Å².